The minimum absolute atomic E-state index is 0. The molecule has 4 nitrogen and oxygen atoms in total. The van der Waals surface area contributed by atoms with E-state index in [1.807, 2.05) is 0 Å². The predicted octanol–water partition coefficient (Wildman–Crippen LogP) is 17.3. The van der Waals surface area contributed by atoms with Gasteiger partial charge in [-0.1, -0.05) is 188 Å². The highest BCUT2D eigenvalue weighted by atomic mass is 15.3. The topological polar surface area (TPSA) is 33.1 Å². The Labute approximate surface area is 398 Å². The van der Waals surface area contributed by atoms with Crippen LogP contribution in [0.3, 0.4) is 0 Å². The Balaban J connectivity index is 0.00000520. The number of para-hydroxylation sites is 1. The summed E-state index contributed by atoms with van der Waals surface area (Å²) < 4.78 is 2.27. The SMILES string of the molecule is C/C=C\C(=C/C)N1c2ccc(-c3ccc4c(-c5ccccc5)c5cc(-c6ccc7c(c6)nc(-c6ccccc6)n7-c6ccccc6)ccc5c(-c5ccccc5)c4c3)cc2NC1c1ccccc1.[HH]. The van der Waals surface area contributed by atoms with Crippen LogP contribution >= 0.6 is 0 Å². The summed E-state index contributed by atoms with van der Waals surface area (Å²) in [5.41, 5.74) is 18.3. The molecule has 0 radical (unpaired) electrons. The van der Waals surface area contributed by atoms with Crippen LogP contribution in [0.15, 0.2) is 248 Å². The number of anilines is 2. The summed E-state index contributed by atoms with van der Waals surface area (Å²) in [7, 11) is 0. The number of allylic oxidation sites excluding steroid dienone is 3. The third kappa shape index (κ3) is 7.06. The fraction of sp³-hybridized carbons (Fsp3) is 0.0469. The van der Waals surface area contributed by atoms with Gasteiger partial charge in [0.1, 0.15) is 12.0 Å². The van der Waals surface area contributed by atoms with E-state index in [4.69, 9.17) is 4.98 Å². The summed E-state index contributed by atoms with van der Waals surface area (Å²) in [4.78, 5) is 7.72. The Bertz CT molecular complexity index is 3710. The molecule has 2 heterocycles. The predicted molar refractivity (Wildman–Crippen MR) is 289 cm³/mol. The van der Waals surface area contributed by atoms with Crippen molar-refractivity contribution in [2.24, 2.45) is 0 Å². The van der Waals surface area contributed by atoms with E-state index in [9.17, 15) is 0 Å². The molecule has 1 unspecified atom stereocenters. The fourth-order valence-electron chi connectivity index (χ4n) is 10.3. The zero-order valence-electron chi connectivity index (χ0n) is 38.0. The first kappa shape index (κ1) is 40.8. The van der Waals surface area contributed by atoms with Gasteiger partial charge in [-0.2, -0.15) is 0 Å². The first-order valence-electron chi connectivity index (χ1n) is 23.5. The maximum absolute atomic E-state index is 5.31. The third-order valence-electron chi connectivity index (χ3n) is 13.4. The van der Waals surface area contributed by atoms with Crippen molar-refractivity contribution in [3.8, 4) is 61.6 Å². The number of imidazole rings is 1. The van der Waals surface area contributed by atoms with Crippen molar-refractivity contribution in [1.82, 2.24) is 9.55 Å². The molecule has 0 spiro atoms. The number of hydrogen-bond acceptors (Lipinski definition) is 3. The normalized spacial score (nSPS) is 13.7. The highest BCUT2D eigenvalue weighted by molar-refractivity contribution is 6.22. The molecule has 0 saturated carbocycles. The van der Waals surface area contributed by atoms with Crippen molar-refractivity contribution in [3.05, 3.63) is 254 Å². The first-order chi connectivity index (χ1) is 33.6. The van der Waals surface area contributed by atoms with Gasteiger partial charge in [0.05, 0.1) is 22.4 Å². The maximum Gasteiger partial charge on any atom is 0.145 e. The standard InChI is InChI=1S/C64H48N4.H2/c1-3-20-51(4-2)67-59-37-33-49(41-57(59)65-63(67)45-25-14-7-15-26-45)47-31-35-53-55(39-47)61(43-21-10-5-11-22-43)54-36-32-48(40-56(54)62(53)44-23-12-6-13-24-44)50-34-38-60-58(42-50)66-64(46-27-16-8-17-28-46)68(60)52-29-18-9-19-30-52;/h3-42,63,65H,1-2H3;1H/b20-3-,51-4+;. The largest absolute Gasteiger partial charge is 0.359 e. The molecule has 1 aromatic heterocycles. The fourth-order valence-corrected chi connectivity index (χ4v) is 10.3. The Kier molecular flexibility index (Phi) is 10.3. The second kappa shape index (κ2) is 17.2. The average Bonchev–Trinajstić information content (AvgIpc) is 3.99. The highest BCUT2D eigenvalue weighted by Crippen LogP contribution is 2.49. The van der Waals surface area contributed by atoms with Gasteiger partial charge in [0, 0.05) is 18.4 Å². The molecule has 4 heteroatoms. The summed E-state index contributed by atoms with van der Waals surface area (Å²) in [6, 6.07) is 81.3. The molecule has 1 N–H and O–H groups in total. The van der Waals surface area contributed by atoms with Crippen molar-refractivity contribution in [3.63, 3.8) is 0 Å². The molecule has 1 atom stereocenters. The molecule has 1 aliphatic heterocycles. The highest BCUT2D eigenvalue weighted by Gasteiger charge is 2.32. The van der Waals surface area contributed by atoms with E-state index in [0.717, 1.165) is 61.9 Å². The molecule has 0 saturated heterocycles. The monoisotopic (exact) mass is 874 g/mol. The number of rotatable bonds is 9. The Morgan fingerprint density at radius 2 is 0.985 bits per heavy atom. The summed E-state index contributed by atoms with van der Waals surface area (Å²) in [5, 5.41) is 8.76. The van der Waals surface area contributed by atoms with Gasteiger partial charge < -0.3 is 10.2 Å². The Morgan fingerprint density at radius 3 is 1.56 bits per heavy atom. The van der Waals surface area contributed by atoms with Gasteiger partial charge in [0.2, 0.25) is 0 Å². The number of fused-ring (bicyclic) bond motifs is 4. The molecular formula is C64H50N4. The van der Waals surface area contributed by atoms with Crippen LogP contribution in [0.1, 0.15) is 27.0 Å². The van der Waals surface area contributed by atoms with Gasteiger partial charge in [-0.3, -0.25) is 4.57 Å². The van der Waals surface area contributed by atoms with Crippen LogP contribution in [0.5, 0.6) is 0 Å². The van der Waals surface area contributed by atoms with E-state index < -0.39 is 0 Å². The van der Waals surface area contributed by atoms with Crippen LogP contribution in [-0.2, 0) is 0 Å². The molecular weight excluding hydrogens is 825 g/mol. The van der Waals surface area contributed by atoms with Gasteiger partial charge in [0.25, 0.3) is 0 Å². The zero-order chi connectivity index (χ0) is 45.6. The number of hydrogen-bond donors (Lipinski definition) is 1. The van der Waals surface area contributed by atoms with Crippen molar-refractivity contribution in [2.75, 3.05) is 10.2 Å². The lowest BCUT2D eigenvalue weighted by Gasteiger charge is -2.28. The lowest BCUT2D eigenvalue weighted by Crippen LogP contribution is -2.26. The lowest BCUT2D eigenvalue weighted by molar-refractivity contribution is 0.800. The van der Waals surface area contributed by atoms with Crippen molar-refractivity contribution >= 4 is 44.0 Å². The summed E-state index contributed by atoms with van der Waals surface area (Å²) in [5.74, 6) is 0.925. The van der Waals surface area contributed by atoms with Crippen LogP contribution in [0.25, 0.3) is 94.2 Å². The van der Waals surface area contributed by atoms with Gasteiger partial charge >= 0.3 is 0 Å². The minimum Gasteiger partial charge on any atom is -0.359 e. The van der Waals surface area contributed by atoms with Crippen molar-refractivity contribution in [1.29, 1.82) is 0 Å². The Morgan fingerprint density at radius 1 is 0.485 bits per heavy atom. The van der Waals surface area contributed by atoms with E-state index in [1.165, 1.54) is 54.9 Å². The van der Waals surface area contributed by atoms with Crippen LogP contribution in [-0.4, -0.2) is 9.55 Å². The second-order valence-corrected chi connectivity index (χ2v) is 17.5. The molecule has 12 rings (SSSR count). The maximum atomic E-state index is 5.31. The summed E-state index contributed by atoms with van der Waals surface area (Å²) in [6.07, 6.45) is 6.46. The molecule has 10 aromatic carbocycles. The number of benzene rings is 10. The van der Waals surface area contributed by atoms with E-state index >= 15 is 0 Å². The molecule has 0 aliphatic carbocycles. The van der Waals surface area contributed by atoms with E-state index in [2.05, 4.69) is 271 Å². The van der Waals surface area contributed by atoms with Gasteiger partial charge in [-0.15, -0.1) is 0 Å². The summed E-state index contributed by atoms with van der Waals surface area (Å²) >= 11 is 0. The van der Waals surface area contributed by atoms with E-state index in [1.54, 1.807) is 0 Å². The van der Waals surface area contributed by atoms with Gasteiger partial charge in [0.15, 0.2) is 0 Å². The molecule has 68 heavy (non-hydrogen) atoms. The van der Waals surface area contributed by atoms with E-state index in [0.29, 0.717) is 0 Å². The van der Waals surface area contributed by atoms with Crippen LogP contribution in [0, 0.1) is 0 Å². The Hall–Kier alpha value is -8.73. The smallest absolute Gasteiger partial charge is 0.145 e. The molecule has 0 bridgehead atoms. The molecule has 1 aliphatic rings. The van der Waals surface area contributed by atoms with Crippen molar-refractivity contribution in [2.45, 2.75) is 20.0 Å². The zero-order valence-corrected chi connectivity index (χ0v) is 38.0. The number of nitrogens with one attached hydrogen (secondary N) is 1. The summed E-state index contributed by atoms with van der Waals surface area (Å²) in [6.45, 7) is 4.19. The molecule has 11 aromatic rings. The second-order valence-electron chi connectivity index (χ2n) is 17.5. The quantitative estimate of drug-likeness (QED) is 0.116. The first-order valence-corrected chi connectivity index (χ1v) is 23.5. The number of nitrogens with zero attached hydrogens (tertiary/aromatic N) is 3. The number of aromatic nitrogens is 2. The van der Waals surface area contributed by atoms with Gasteiger partial charge in [-0.05, 0) is 140 Å². The molecule has 0 amide bonds. The molecule has 326 valence electrons. The third-order valence-corrected chi connectivity index (χ3v) is 13.4. The van der Waals surface area contributed by atoms with E-state index in [-0.39, 0.29) is 7.59 Å². The van der Waals surface area contributed by atoms with Crippen LogP contribution in [0.2, 0.25) is 0 Å². The average molecular weight is 875 g/mol. The van der Waals surface area contributed by atoms with Gasteiger partial charge in [-0.25, -0.2) is 4.98 Å². The lowest BCUT2D eigenvalue weighted by atomic mass is 9.84. The minimum atomic E-state index is -0.0323. The molecule has 0 fully saturated rings. The van der Waals surface area contributed by atoms with Crippen LogP contribution in [0.4, 0.5) is 11.4 Å². The van der Waals surface area contributed by atoms with Crippen LogP contribution < -0.4 is 10.2 Å². The van der Waals surface area contributed by atoms with Crippen molar-refractivity contribution < 1.29 is 1.43 Å².